The minimum absolute atomic E-state index is 0.135. The van der Waals surface area contributed by atoms with Gasteiger partial charge in [0.1, 0.15) is 14.8 Å². The van der Waals surface area contributed by atoms with Gasteiger partial charge in [-0.25, -0.2) is 13.4 Å². The minimum Gasteiger partial charge on any atom is -0.320 e. The molecule has 1 fully saturated rings. The summed E-state index contributed by atoms with van der Waals surface area (Å²) < 4.78 is 27.7. The molecule has 6 nitrogen and oxygen atoms in total. The Labute approximate surface area is 178 Å². The topological polar surface area (TPSA) is 79.4 Å². The number of benzene rings is 1. The van der Waals surface area contributed by atoms with Crippen LogP contribution < -0.4 is 5.32 Å². The van der Waals surface area contributed by atoms with E-state index < -0.39 is 10.0 Å². The molecule has 1 aromatic carbocycles. The number of aromatic nitrogens is 1. The van der Waals surface area contributed by atoms with Gasteiger partial charge in [-0.15, -0.1) is 11.3 Å². The van der Waals surface area contributed by atoms with Gasteiger partial charge in [0.15, 0.2) is 0 Å². The average Bonchev–Trinajstić information content (AvgIpc) is 3.38. The monoisotopic (exact) mass is 447 g/mol. The van der Waals surface area contributed by atoms with Gasteiger partial charge in [0, 0.05) is 24.0 Å². The highest BCUT2D eigenvalue weighted by atomic mass is 32.2. The Morgan fingerprint density at radius 1 is 1.14 bits per heavy atom. The number of aryl methyl sites for hydroxylation is 1. The van der Waals surface area contributed by atoms with Crippen LogP contribution in [0.3, 0.4) is 0 Å². The second kappa shape index (κ2) is 8.35. The smallest absolute Gasteiger partial charge is 0.267 e. The summed E-state index contributed by atoms with van der Waals surface area (Å²) in [5, 5.41) is 7.53. The number of hydrogen-bond donors (Lipinski definition) is 1. The first-order chi connectivity index (χ1) is 14.0. The van der Waals surface area contributed by atoms with E-state index in [0.29, 0.717) is 29.3 Å². The first-order valence-electron chi connectivity index (χ1n) is 9.37. The second-order valence-corrected chi connectivity index (χ2v) is 10.5. The number of piperidine rings is 1. The van der Waals surface area contributed by atoms with Crippen LogP contribution in [0.1, 0.15) is 34.6 Å². The third kappa shape index (κ3) is 4.13. The highest BCUT2D eigenvalue weighted by molar-refractivity contribution is 7.89. The molecule has 0 aliphatic carbocycles. The largest absolute Gasteiger partial charge is 0.320 e. The van der Waals surface area contributed by atoms with E-state index in [1.54, 1.807) is 42.5 Å². The molecule has 1 aliphatic heterocycles. The molecule has 29 heavy (non-hydrogen) atoms. The van der Waals surface area contributed by atoms with E-state index in [0.717, 1.165) is 29.8 Å². The number of sulfonamides is 1. The molecule has 0 radical (unpaired) electrons. The summed E-state index contributed by atoms with van der Waals surface area (Å²) in [6.07, 6.45) is 2.76. The standard InChI is InChI=1S/C20H21N3O3S3/c1-14-18(28-20(21-14)15-9-12-27-13-15)19(24)22-16-7-3-4-8-17(16)29(25,26)23-10-5-2-6-11-23/h3-4,7-9,12-13H,2,5-6,10-11H2,1H3,(H,22,24). The summed E-state index contributed by atoms with van der Waals surface area (Å²) in [7, 11) is -3.65. The predicted octanol–water partition coefficient (Wildman–Crippen LogP) is 4.61. The molecule has 9 heteroatoms. The van der Waals surface area contributed by atoms with Crippen molar-refractivity contribution in [3.05, 3.63) is 51.7 Å². The van der Waals surface area contributed by atoms with Gasteiger partial charge in [-0.3, -0.25) is 4.79 Å². The molecule has 1 amide bonds. The van der Waals surface area contributed by atoms with Crippen LogP contribution in [0.25, 0.3) is 10.6 Å². The van der Waals surface area contributed by atoms with E-state index in [4.69, 9.17) is 0 Å². The fourth-order valence-electron chi connectivity index (χ4n) is 3.33. The van der Waals surface area contributed by atoms with Gasteiger partial charge in [-0.2, -0.15) is 15.6 Å². The van der Waals surface area contributed by atoms with E-state index >= 15 is 0 Å². The van der Waals surface area contributed by atoms with Gasteiger partial charge in [0.05, 0.1) is 11.4 Å². The number of rotatable bonds is 5. The van der Waals surface area contributed by atoms with Gasteiger partial charge < -0.3 is 5.32 Å². The summed E-state index contributed by atoms with van der Waals surface area (Å²) >= 11 is 2.88. The molecule has 152 valence electrons. The number of thiazole rings is 1. The lowest BCUT2D eigenvalue weighted by molar-refractivity contribution is 0.102. The second-order valence-electron chi connectivity index (χ2n) is 6.86. The molecular formula is C20H21N3O3S3. The zero-order valence-corrected chi connectivity index (χ0v) is 18.4. The molecule has 3 heterocycles. The summed E-state index contributed by atoms with van der Waals surface area (Å²) in [6.45, 7) is 2.82. The Kier molecular flexibility index (Phi) is 5.82. The molecule has 3 aromatic rings. The molecule has 0 bridgehead atoms. The molecule has 1 aliphatic rings. The van der Waals surface area contributed by atoms with Crippen LogP contribution in [-0.4, -0.2) is 36.7 Å². The maximum absolute atomic E-state index is 13.1. The quantitative estimate of drug-likeness (QED) is 0.620. The first kappa shape index (κ1) is 20.2. The summed E-state index contributed by atoms with van der Waals surface area (Å²) in [5.41, 5.74) is 1.91. The fourth-order valence-corrected chi connectivity index (χ4v) is 6.67. The normalized spacial score (nSPS) is 15.3. The molecule has 0 saturated carbocycles. The number of carbonyl (C=O) groups excluding carboxylic acids is 1. The molecule has 2 aromatic heterocycles. The Morgan fingerprint density at radius 2 is 1.90 bits per heavy atom. The van der Waals surface area contributed by atoms with Gasteiger partial charge >= 0.3 is 0 Å². The van der Waals surface area contributed by atoms with Gasteiger partial charge in [0.25, 0.3) is 5.91 Å². The van der Waals surface area contributed by atoms with Crippen LogP contribution in [0.4, 0.5) is 5.69 Å². The van der Waals surface area contributed by atoms with E-state index in [1.165, 1.54) is 15.6 Å². The van der Waals surface area contributed by atoms with Crippen LogP contribution in [0.5, 0.6) is 0 Å². The van der Waals surface area contributed by atoms with Gasteiger partial charge in [0.2, 0.25) is 10.0 Å². The van der Waals surface area contributed by atoms with Crippen LogP contribution in [0, 0.1) is 6.92 Å². The third-order valence-electron chi connectivity index (χ3n) is 4.84. The summed E-state index contributed by atoms with van der Waals surface area (Å²) in [4.78, 5) is 18.0. The third-order valence-corrected chi connectivity index (χ3v) is 8.68. The lowest BCUT2D eigenvalue weighted by atomic mass is 10.2. The number of hydrogen-bond acceptors (Lipinski definition) is 6. The van der Waals surface area contributed by atoms with Crippen molar-refractivity contribution < 1.29 is 13.2 Å². The lowest BCUT2D eigenvalue weighted by Gasteiger charge is -2.26. The van der Waals surface area contributed by atoms with Gasteiger partial charge in [-0.05, 0) is 43.3 Å². The predicted molar refractivity (Wildman–Crippen MR) is 117 cm³/mol. The number of nitrogens with zero attached hydrogens (tertiary/aromatic N) is 2. The zero-order chi connectivity index (χ0) is 20.4. The highest BCUT2D eigenvalue weighted by Gasteiger charge is 2.29. The molecule has 0 atom stereocenters. The highest BCUT2D eigenvalue weighted by Crippen LogP contribution is 2.31. The van der Waals surface area contributed by atoms with Crippen molar-refractivity contribution >= 4 is 44.3 Å². The SMILES string of the molecule is Cc1nc(-c2ccsc2)sc1C(=O)Nc1ccccc1S(=O)(=O)N1CCCCC1. The number of carbonyl (C=O) groups is 1. The van der Waals surface area contributed by atoms with Crippen LogP contribution in [0.15, 0.2) is 46.0 Å². The van der Waals surface area contributed by atoms with Crippen molar-refractivity contribution in [1.82, 2.24) is 9.29 Å². The molecule has 1 N–H and O–H groups in total. The van der Waals surface area contributed by atoms with E-state index in [9.17, 15) is 13.2 Å². The molecular weight excluding hydrogens is 426 g/mol. The Hall–Kier alpha value is -2.07. The van der Waals surface area contributed by atoms with Crippen LogP contribution in [-0.2, 0) is 10.0 Å². The Bertz CT molecular complexity index is 1120. The first-order valence-corrected chi connectivity index (χ1v) is 12.6. The van der Waals surface area contributed by atoms with E-state index in [1.807, 2.05) is 16.8 Å². The number of amides is 1. The van der Waals surface area contributed by atoms with Crippen molar-refractivity contribution in [1.29, 1.82) is 0 Å². The maximum Gasteiger partial charge on any atom is 0.267 e. The number of anilines is 1. The van der Waals surface area contributed by atoms with E-state index in [2.05, 4.69) is 10.3 Å². The van der Waals surface area contributed by atoms with Crippen LogP contribution in [0.2, 0.25) is 0 Å². The van der Waals surface area contributed by atoms with Crippen molar-refractivity contribution in [3.8, 4) is 10.6 Å². The molecule has 0 unspecified atom stereocenters. The van der Waals surface area contributed by atoms with Crippen molar-refractivity contribution in [2.75, 3.05) is 18.4 Å². The molecule has 4 rings (SSSR count). The zero-order valence-electron chi connectivity index (χ0n) is 15.9. The van der Waals surface area contributed by atoms with Gasteiger partial charge in [-0.1, -0.05) is 18.6 Å². The summed E-state index contributed by atoms with van der Waals surface area (Å²) in [6, 6.07) is 8.55. The lowest BCUT2D eigenvalue weighted by Crippen LogP contribution is -2.36. The number of para-hydroxylation sites is 1. The Balaban J connectivity index is 1.62. The van der Waals surface area contributed by atoms with Crippen molar-refractivity contribution in [3.63, 3.8) is 0 Å². The van der Waals surface area contributed by atoms with Crippen molar-refractivity contribution in [2.45, 2.75) is 31.1 Å². The molecule has 0 spiro atoms. The van der Waals surface area contributed by atoms with E-state index in [-0.39, 0.29) is 10.8 Å². The molecule has 1 saturated heterocycles. The summed E-state index contributed by atoms with van der Waals surface area (Å²) in [5.74, 6) is -0.345. The fraction of sp³-hybridized carbons (Fsp3) is 0.300. The minimum atomic E-state index is -3.65. The number of nitrogens with one attached hydrogen (secondary N) is 1. The number of thiophene rings is 1. The van der Waals surface area contributed by atoms with Crippen molar-refractivity contribution in [2.24, 2.45) is 0 Å². The maximum atomic E-state index is 13.1. The Morgan fingerprint density at radius 3 is 2.62 bits per heavy atom. The average molecular weight is 448 g/mol. The van der Waals surface area contributed by atoms with Crippen LogP contribution >= 0.6 is 22.7 Å².